The lowest BCUT2D eigenvalue weighted by Crippen LogP contribution is -1.94. The standard InChI is InChI=1S/C15H10FNS/c16-12-5-7-14-10(8-12)4-6-13-11(9-17)2-1-3-15(13)18-14/h1-3,5,7-8H,4,6H2. The lowest BCUT2D eigenvalue weighted by Gasteiger charge is -2.06. The third kappa shape index (κ3) is 1.89. The van der Waals surface area contributed by atoms with Crippen molar-refractivity contribution < 1.29 is 4.39 Å². The topological polar surface area (TPSA) is 23.8 Å². The summed E-state index contributed by atoms with van der Waals surface area (Å²) in [5.41, 5.74) is 2.84. The van der Waals surface area contributed by atoms with Crippen LogP contribution in [-0.2, 0) is 12.8 Å². The quantitative estimate of drug-likeness (QED) is 0.711. The number of nitrogens with zero attached hydrogens (tertiary/aromatic N) is 1. The van der Waals surface area contributed by atoms with Crippen LogP contribution < -0.4 is 0 Å². The molecule has 2 aromatic carbocycles. The fraction of sp³-hybridized carbons (Fsp3) is 0.133. The monoisotopic (exact) mass is 255 g/mol. The maximum atomic E-state index is 13.2. The van der Waals surface area contributed by atoms with Crippen LogP contribution in [0.3, 0.4) is 0 Å². The largest absolute Gasteiger partial charge is 0.207 e. The van der Waals surface area contributed by atoms with Crippen LogP contribution in [0.25, 0.3) is 0 Å². The van der Waals surface area contributed by atoms with Crippen LogP contribution in [0.5, 0.6) is 0 Å². The molecule has 2 aromatic rings. The Kier molecular flexibility index (Phi) is 2.81. The van der Waals surface area contributed by atoms with E-state index in [2.05, 4.69) is 6.07 Å². The van der Waals surface area contributed by atoms with E-state index < -0.39 is 0 Å². The van der Waals surface area contributed by atoms with Crippen molar-refractivity contribution in [2.24, 2.45) is 0 Å². The van der Waals surface area contributed by atoms with Gasteiger partial charge in [0.05, 0.1) is 11.6 Å². The first-order valence-corrected chi connectivity index (χ1v) is 6.58. The molecular weight excluding hydrogens is 245 g/mol. The predicted molar refractivity (Wildman–Crippen MR) is 69.1 cm³/mol. The highest BCUT2D eigenvalue weighted by molar-refractivity contribution is 7.99. The molecule has 0 saturated heterocycles. The summed E-state index contributed by atoms with van der Waals surface area (Å²) in [7, 11) is 0. The Bertz CT molecular complexity index is 658. The van der Waals surface area contributed by atoms with Gasteiger partial charge in [0, 0.05) is 9.79 Å². The minimum atomic E-state index is -0.194. The summed E-state index contributed by atoms with van der Waals surface area (Å²) in [5.74, 6) is -0.194. The molecule has 0 saturated carbocycles. The Balaban J connectivity index is 2.11. The summed E-state index contributed by atoms with van der Waals surface area (Å²) < 4.78 is 13.2. The van der Waals surface area contributed by atoms with E-state index in [1.165, 1.54) is 6.07 Å². The van der Waals surface area contributed by atoms with Gasteiger partial charge in [0.15, 0.2) is 0 Å². The van der Waals surface area contributed by atoms with Gasteiger partial charge in [-0.15, -0.1) is 0 Å². The molecule has 0 amide bonds. The molecule has 0 N–H and O–H groups in total. The van der Waals surface area contributed by atoms with Crippen LogP contribution in [0, 0.1) is 17.1 Å². The lowest BCUT2D eigenvalue weighted by molar-refractivity contribution is 0.623. The first-order chi connectivity index (χ1) is 8.78. The molecule has 0 unspecified atom stereocenters. The zero-order valence-corrected chi connectivity index (χ0v) is 10.4. The minimum absolute atomic E-state index is 0.194. The third-order valence-corrected chi connectivity index (χ3v) is 4.36. The smallest absolute Gasteiger partial charge is 0.123 e. The number of hydrogen-bond donors (Lipinski definition) is 0. The van der Waals surface area contributed by atoms with E-state index in [1.54, 1.807) is 17.8 Å². The summed E-state index contributed by atoms with van der Waals surface area (Å²) in [6.07, 6.45) is 1.58. The van der Waals surface area contributed by atoms with Crippen molar-refractivity contribution in [2.45, 2.75) is 22.6 Å². The number of benzene rings is 2. The van der Waals surface area contributed by atoms with Gasteiger partial charge in [0.25, 0.3) is 0 Å². The van der Waals surface area contributed by atoms with Gasteiger partial charge in [-0.3, -0.25) is 0 Å². The van der Waals surface area contributed by atoms with E-state index in [4.69, 9.17) is 5.26 Å². The maximum Gasteiger partial charge on any atom is 0.123 e. The van der Waals surface area contributed by atoms with E-state index in [0.717, 1.165) is 39.3 Å². The molecule has 0 radical (unpaired) electrons. The molecule has 0 aromatic heterocycles. The summed E-state index contributed by atoms with van der Waals surface area (Å²) >= 11 is 1.62. The Morgan fingerprint density at radius 3 is 2.83 bits per heavy atom. The van der Waals surface area contributed by atoms with Crippen LogP contribution in [0.4, 0.5) is 4.39 Å². The van der Waals surface area contributed by atoms with Crippen LogP contribution in [0.15, 0.2) is 46.2 Å². The summed E-state index contributed by atoms with van der Waals surface area (Å²) in [4.78, 5) is 2.20. The number of fused-ring (bicyclic) bond motifs is 2. The molecule has 0 spiro atoms. The van der Waals surface area contributed by atoms with Crippen LogP contribution in [0.1, 0.15) is 16.7 Å². The van der Waals surface area contributed by atoms with Crippen LogP contribution in [0.2, 0.25) is 0 Å². The van der Waals surface area contributed by atoms with Crippen molar-refractivity contribution in [1.29, 1.82) is 5.26 Å². The van der Waals surface area contributed by atoms with E-state index in [-0.39, 0.29) is 5.82 Å². The fourth-order valence-corrected chi connectivity index (χ4v) is 3.39. The average Bonchev–Trinajstić information content (AvgIpc) is 2.57. The molecule has 1 heterocycles. The van der Waals surface area contributed by atoms with Crippen molar-refractivity contribution in [3.63, 3.8) is 0 Å². The van der Waals surface area contributed by atoms with Crippen molar-refractivity contribution >= 4 is 11.8 Å². The van der Waals surface area contributed by atoms with E-state index in [9.17, 15) is 4.39 Å². The highest BCUT2D eigenvalue weighted by Gasteiger charge is 2.16. The number of halogens is 1. The average molecular weight is 255 g/mol. The number of aryl methyl sites for hydroxylation is 1. The Hall–Kier alpha value is -1.79. The Labute approximate surface area is 109 Å². The summed E-state index contributed by atoms with van der Waals surface area (Å²) in [6, 6.07) is 12.9. The lowest BCUT2D eigenvalue weighted by atomic mass is 10.0. The maximum absolute atomic E-state index is 13.2. The Morgan fingerprint density at radius 2 is 2.00 bits per heavy atom. The van der Waals surface area contributed by atoms with Gasteiger partial charge < -0.3 is 0 Å². The molecule has 88 valence electrons. The summed E-state index contributed by atoms with van der Waals surface area (Å²) in [6.45, 7) is 0. The van der Waals surface area contributed by atoms with Crippen molar-refractivity contribution in [2.75, 3.05) is 0 Å². The third-order valence-electron chi connectivity index (χ3n) is 3.14. The highest BCUT2D eigenvalue weighted by Crippen LogP contribution is 2.38. The Morgan fingerprint density at radius 1 is 1.11 bits per heavy atom. The van der Waals surface area contributed by atoms with Crippen molar-refractivity contribution in [3.05, 3.63) is 58.9 Å². The molecule has 3 heteroatoms. The van der Waals surface area contributed by atoms with E-state index in [0.29, 0.717) is 0 Å². The normalized spacial score (nSPS) is 13.1. The van der Waals surface area contributed by atoms with Gasteiger partial charge in [-0.05, 0) is 54.3 Å². The number of rotatable bonds is 0. The van der Waals surface area contributed by atoms with Gasteiger partial charge in [0.2, 0.25) is 0 Å². The molecule has 3 rings (SSSR count). The molecule has 0 aliphatic carbocycles. The van der Waals surface area contributed by atoms with E-state index in [1.807, 2.05) is 24.3 Å². The zero-order chi connectivity index (χ0) is 12.5. The second kappa shape index (κ2) is 4.47. The summed E-state index contributed by atoms with van der Waals surface area (Å²) in [5, 5.41) is 9.13. The molecule has 0 bridgehead atoms. The van der Waals surface area contributed by atoms with Gasteiger partial charge in [-0.1, -0.05) is 17.8 Å². The molecule has 18 heavy (non-hydrogen) atoms. The zero-order valence-electron chi connectivity index (χ0n) is 9.61. The van der Waals surface area contributed by atoms with Gasteiger partial charge >= 0.3 is 0 Å². The number of nitriles is 1. The van der Waals surface area contributed by atoms with Gasteiger partial charge in [0.1, 0.15) is 5.82 Å². The van der Waals surface area contributed by atoms with Crippen LogP contribution >= 0.6 is 11.8 Å². The molecule has 1 nitrogen and oxygen atoms in total. The van der Waals surface area contributed by atoms with Crippen molar-refractivity contribution in [1.82, 2.24) is 0 Å². The first kappa shape index (κ1) is 11.3. The second-order valence-corrected chi connectivity index (χ2v) is 5.33. The fourth-order valence-electron chi connectivity index (χ4n) is 2.24. The minimum Gasteiger partial charge on any atom is -0.207 e. The van der Waals surface area contributed by atoms with Crippen molar-refractivity contribution in [3.8, 4) is 6.07 Å². The molecule has 0 fully saturated rings. The van der Waals surface area contributed by atoms with Crippen LogP contribution in [-0.4, -0.2) is 0 Å². The first-order valence-electron chi connectivity index (χ1n) is 5.76. The molecular formula is C15H10FNS. The molecule has 1 aliphatic rings. The van der Waals surface area contributed by atoms with E-state index >= 15 is 0 Å². The van der Waals surface area contributed by atoms with Gasteiger partial charge in [-0.25, -0.2) is 4.39 Å². The predicted octanol–water partition coefficient (Wildman–Crippen LogP) is 3.95. The highest BCUT2D eigenvalue weighted by atomic mass is 32.2. The second-order valence-electron chi connectivity index (χ2n) is 4.25. The number of hydrogen-bond acceptors (Lipinski definition) is 2. The SMILES string of the molecule is N#Cc1cccc2c1CCc1cc(F)ccc1S2. The molecule has 0 atom stereocenters. The van der Waals surface area contributed by atoms with Gasteiger partial charge in [-0.2, -0.15) is 5.26 Å². The molecule has 1 aliphatic heterocycles.